The summed E-state index contributed by atoms with van der Waals surface area (Å²) in [4.78, 5) is 46.3. The van der Waals surface area contributed by atoms with Gasteiger partial charge in [-0.05, 0) is 0 Å². The minimum atomic E-state index is -4.75. The van der Waals surface area contributed by atoms with E-state index in [-0.39, 0.29) is 0 Å². The summed E-state index contributed by atoms with van der Waals surface area (Å²) in [6, 6.07) is 0.522. The van der Waals surface area contributed by atoms with Crippen LogP contribution in [0.3, 0.4) is 0 Å². The third kappa shape index (κ3) is 7.34. The third-order valence-corrected chi connectivity index (χ3v) is 4.04. The van der Waals surface area contributed by atoms with E-state index in [0.29, 0.717) is 6.07 Å². The van der Waals surface area contributed by atoms with Gasteiger partial charge in [0.25, 0.3) is 0 Å². The number of ether oxygens (including phenoxy) is 6. The van der Waals surface area contributed by atoms with Gasteiger partial charge in [0, 0.05) is 33.8 Å². The van der Waals surface area contributed by atoms with Gasteiger partial charge in [-0.25, -0.2) is 0 Å². The molecule has 1 N–H and O–H groups in total. The van der Waals surface area contributed by atoms with Crippen molar-refractivity contribution in [2.45, 2.75) is 64.6 Å². The SMILES string of the molecule is CC(=O)OC[C@H]1O[C@@H](Oc2cc(C(F)(F)F)[nH]n2)[C@H](OC(C)=O)[C@@H](OC(C)=O)[C@@H]1OC(C)=O. The molecule has 1 saturated heterocycles. The molecule has 1 aliphatic rings. The van der Waals surface area contributed by atoms with Crippen LogP contribution in [0, 0.1) is 0 Å². The summed E-state index contributed by atoms with van der Waals surface area (Å²) in [5.41, 5.74) is -1.23. The van der Waals surface area contributed by atoms with Crippen LogP contribution in [-0.4, -0.2) is 71.4 Å². The number of hydrogen-bond donors (Lipinski definition) is 1. The second-order valence-corrected chi connectivity index (χ2v) is 6.80. The number of rotatable bonds is 7. The zero-order valence-electron chi connectivity index (χ0n) is 17.8. The van der Waals surface area contributed by atoms with Crippen LogP contribution in [0.2, 0.25) is 0 Å². The Hall–Kier alpha value is -3.36. The van der Waals surface area contributed by atoms with Crippen molar-refractivity contribution in [3.05, 3.63) is 11.8 Å². The summed E-state index contributed by atoms with van der Waals surface area (Å²) in [6.07, 6.45) is -12.3. The van der Waals surface area contributed by atoms with E-state index in [2.05, 4.69) is 5.10 Å². The molecule has 2 rings (SSSR count). The molecule has 1 aromatic heterocycles. The lowest BCUT2D eigenvalue weighted by Gasteiger charge is -2.43. The highest BCUT2D eigenvalue weighted by Crippen LogP contribution is 2.33. The van der Waals surface area contributed by atoms with Gasteiger partial charge in [0.1, 0.15) is 18.4 Å². The van der Waals surface area contributed by atoms with Crippen LogP contribution in [0.1, 0.15) is 33.4 Å². The molecule has 0 bridgehead atoms. The number of H-pyrrole nitrogens is 1. The Bertz CT molecular complexity index is 887. The van der Waals surface area contributed by atoms with E-state index < -0.39 is 78.9 Å². The zero-order chi connectivity index (χ0) is 24.9. The Morgan fingerprint density at radius 1 is 0.939 bits per heavy atom. The normalized spacial score (nSPS) is 25.0. The van der Waals surface area contributed by atoms with Crippen LogP contribution >= 0.6 is 0 Å². The van der Waals surface area contributed by atoms with E-state index in [4.69, 9.17) is 28.4 Å². The van der Waals surface area contributed by atoms with Crippen molar-refractivity contribution in [1.29, 1.82) is 0 Å². The van der Waals surface area contributed by atoms with Gasteiger partial charge in [-0.2, -0.15) is 13.2 Å². The zero-order valence-corrected chi connectivity index (χ0v) is 17.8. The molecule has 0 amide bonds. The first-order valence-corrected chi connectivity index (χ1v) is 9.37. The number of esters is 4. The van der Waals surface area contributed by atoms with E-state index in [0.717, 1.165) is 27.7 Å². The average Bonchev–Trinajstić information content (AvgIpc) is 3.13. The topological polar surface area (TPSA) is 152 Å². The molecule has 0 aromatic carbocycles. The average molecular weight is 482 g/mol. The van der Waals surface area contributed by atoms with Gasteiger partial charge >= 0.3 is 30.1 Å². The number of carbonyl (C=O) groups excluding carboxylic acids is 4. The number of nitrogens with zero attached hydrogens (tertiary/aromatic N) is 1. The molecule has 15 heteroatoms. The van der Waals surface area contributed by atoms with Crippen molar-refractivity contribution >= 4 is 23.9 Å². The second-order valence-electron chi connectivity index (χ2n) is 6.80. The number of aromatic amines is 1. The first-order valence-electron chi connectivity index (χ1n) is 9.37. The number of halogens is 3. The molecular weight excluding hydrogens is 461 g/mol. The largest absolute Gasteiger partial charge is 0.463 e. The Labute approximate surface area is 184 Å². The van der Waals surface area contributed by atoms with Crippen molar-refractivity contribution in [2.24, 2.45) is 0 Å². The van der Waals surface area contributed by atoms with Crippen LogP contribution in [0.15, 0.2) is 6.07 Å². The monoisotopic (exact) mass is 482 g/mol. The maximum absolute atomic E-state index is 12.9. The number of alkyl halides is 3. The highest BCUT2D eigenvalue weighted by Gasteiger charge is 2.53. The smallest absolute Gasteiger partial charge is 0.432 e. The quantitative estimate of drug-likeness (QED) is 0.436. The number of carbonyl (C=O) groups is 4. The lowest BCUT2D eigenvalue weighted by molar-refractivity contribution is -0.289. The highest BCUT2D eigenvalue weighted by molar-refractivity contribution is 5.68. The van der Waals surface area contributed by atoms with E-state index in [1.807, 2.05) is 0 Å². The molecule has 1 aromatic rings. The molecule has 0 unspecified atom stereocenters. The fourth-order valence-corrected chi connectivity index (χ4v) is 2.91. The van der Waals surface area contributed by atoms with Gasteiger partial charge in [-0.3, -0.25) is 24.3 Å². The lowest BCUT2D eigenvalue weighted by Crippen LogP contribution is -2.63. The molecule has 0 radical (unpaired) electrons. The fourth-order valence-electron chi connectivity index (χ4n) is 2.91. The summed E-state index contributed by atoms with van der Waals surface area (Å²) in [6.45, 7) is 3.63. The summed E-state index contributed by atoms with van der Waals surface area (Å²) >= 11 is 0. The first-order chi connectivity index (χ1) is 15.3. The summed E-state index contributed by atoms with van der Waals surface area (Å²) in [5, 5.41) is 5.11. The maximum Gasteiger partial charge on any atom is 0.432 e. The molecule has 2 heterocycles. The molecular formula is C18H21F3N2O10. The van der Waals surface area contributed by atoms with Crippen LogP contribution in [0.25, 0.3) is 0 Å². The third-order valence-electron chi connectivity index (χ3n) is 4.04. The Morgan fingerprint density at radius 3 is 1.97 bits per heavy atom. The minimum Gasteiger partial charge on any atom is -0.463 e. The van der Waals surface area contributed by atoms with Crippen LogP contribution in [0.5, 0.6) is 5.88 Å². The van der Waals surface area contributed by atoms with Gasteiger partial charge in [0.2, 0.25) is 18.3 Å². The molecule has 1 aliphatic heterocycles. The van der Waals surface area contributed by atoms with E-state index in [1.165, 1.54) is 0 Å². The number of aromatic nitrogens is 2. The van der Waals surface area contributed by atoms with Gasteiger partial charge in [-0.1, -0.05) is 0 Å². The lowest BCUT2D eigenvalue weighted by atomic mass is 9.98. The van der Waals surface area contributed by atoms with Crippen LogP contribution in [-0.2, 0) is 49.0 Å². The second kappa shape index (κ2) is 10.5. The van der Waals surface area contributed by atoms with E-state index in [1.54, 1.807) is 5.10 Å². The summed E-state index contributed by atoms with van der Waals surface area (Å²) < 4.78 is 69.9. The van der Waals surface area contributed by atoms with E-state index in [9.17, 15) is 32.3 Å². The molecule has 184 valence electrons. The van der Waals surface area contributed by atoms with Crippen LogP contribution < -0.4 is 4.74 Å². The van der Waals surface area contributed by atoms with Crippen molar-refractivity contribution in [2.75, 3.05) is 6.61 Å². The van der Waals surface area contributed by atoms with Crippen molar-refractivity contribution < 1.29 is 60.8 Å². The van der Waals surface area contributed by atoms with Gasteiger partial charge < -0.3 is 28.4 Å². The molecule has 12 nitrogen and oxygen atoms in total. The van der Waals surface area contributed by atoms with Crippen LogP contribution in [0.4, 0.5) is 13.2 Å². The number of hydrogen-bond acceptors (Lipinski definition) is 11. The standard InChI is InChI=1S/C18H21F3N2O10/c1-7(24)28-6-11-14(29-8(2)25)15(30-9(3)26)16(31-10(4)27)17(32-11)33-13-5-12(22-23-13)18(19,20)21/h5,11,14-17H,6H2,1-4H3,(H,22,23)/t11-,14-,15+,16-,17+/m1/s1. The Morgan fingerprint density at radius 2 is 1.48 bits per heavy atom. The molecule has 33 heavy (non-hydrogen) atoms. The predicted molar refractivity (Wildman–Crippen MR) is 96.2 cm³/mol. The molecule has 0 saturated carbocycles. The summed E-state index contributed by atoms with van der Waals surface area (Å²) in [7, 11) is 0. The van der Waals surface area contributed by atoms with E-state index >= 15 is 0 Å². The first kappa shape index (κ1) is 25.9. The fraction of sp³-hybridized carbons (Fsp3) is 0.611. The minimum absolute atomic E-state index is 0.522. The Balaban J connectivity index is 2.44. The summed E-state index contributed by atoms with van der Waals surface area (Å²) in [5.74, 6) is -3.93. The maximum atomic E-state index is 12.9. The predicted octanol–water partition coefficient (Wildman–Crippen LogP) is 0.890. The molecule has 1 fully saturated rings. The van der Waals surface area contributed by atoms with Gasteiger partial charge in [0.05, 0.1) is 0 Å². The van der Waals surface area contributed by atoms with Crippen molar-refractivity contribution in [3.8, 4) is 5.88 Å². The molecule has 5 atom stereocenters. The van der Waals surface area contributed by atoms with Gasteiger partial charge in [0.15, 0.2) is 12.2 Å². The Kier molecular flexibility index (Phi) is 8.24. The molecule has 0 spiro atoms. The molecule has 0 aliphatic carbocycles. The van der Waals surface area contributed by atoms with Crippen molar-refractivity contribution in [1.82, 2.24) is 10.2 Å². The van der Waals surface area contributed by atoms with Gasteiger partial charge in [-0.15, -0.1) is 5.10 Å². The van der Waals surface area contributed by atoms with Crippen molar-refractivity contribution in [3.63, 3.8) is 0 Å². The number of nitrogens with one attached hydrogen (secondary N) is 1. The highest BCUT2D eigenvalue weighted by atomic mass is 19.4.